The normalized spacial score (nSPS) is 25.3. The Morgan fingerprint density at radius 1 is 1.44 bits per heavy atom. The number of methoxy groups -OCH3 is 1. The fourth-order valence-electron chi connectivity index (χ4n) is 2.38. The van der Waals surface area contributed by atoms with Crippen molar-refractivity contribution >= 4 is 0 Å². The zero-order chi connectivity index (χ0) is 11.8. The van der Waals surface area contributed by atoms with E-state index in [4.69, 9.17) is 9.47 Å². The van der Waals surface area contributed by atoms with Gasteiger partial charge in [-0.25, -0.2) is 0 Å². The molecule has 0 bridgehead atoms. The van der Waals surface area contributed by atoms with Gasteiger partial charge in [0.2, 0.25) is 0 Å². The molecule has 1 aliphatic rings. The molecular weight excluding hydrogens is 202 g/mol. The van der Waals surface area contributed by atoms with Crippen molar-refractivity contribution in [1.82, 2.24) is 5.32 Å². The number of hydrogen-bond donors (Lipinski definition) is 1. The van der Waals surface area contributed by atoms with Crippen molar-refractivity contribution in [2.45, 2.75) is 51.7 Å². The average Bonchev–Trinajstić information content (AvgIpc) is 2.35. The van der Waals surface area contributed by atoms with Gasteiger partial charge < -0.3 is 14.8 Å². The molecule has 0 saturated carbocycles. The largest absolute Gasteiger partial charge is 0.382 e. The molecule has 1 rings (SSSR count). The lowest BCUT2D eigenvalue weighted by Gasteiger charge is -2.31. The lowest BCUT2D eigenvalue weighted by Crippen LogP contribution is -2.40. The lowest BCUT2D eigenvalue weighted by molar-refractivity contribution is 0.0337. The molecule has 0 spiro atoms. The standard InChI is InChI=1S/C13H27NO2/c1-4-14-13(8-7-11(2)15-3)12-6-5-9-16-10-12/h11-14H,4-10H2,1-3H3. The number of ether oxygens (including phenoxy) is 2. The van der Waals surface area contributed by atoms with E-state index in [9.17, 15) is 0 Å². The van der Waals surface area contributed by atoms with Crippen LogP contribution in [0, 0.1) is 5.92 Å². The van der Waals surface area contributed by atoms with Crippen LogP contribution in [0.3, 0.4) is 0 Å². The van der Waals surface area contributed by atoms with Crippen molar-refractivity contribution in [3.05, 3.63) is 0 Å². The molecule has 1 saturated heterocycles. The second kappa shape index (κ2) is 8.04. The Kier molecular flexibility index (Phi) is 7.01. The number of hydrogen-bond acceptors (Lipinski definition) is 3. The maximum absolute atomic E-state index is 5.57. The topological polar surface area (TPSA) is 30.5 Å². The first kappa shape index (κ1) is 13.9. The predicted octanol–water partition coefficient (Wildman–Crippen LogP) is 2.21. The molecule has 0 aromatic carbocycles. The molecule has 1 N–H and O–H groups in total. The highest BCUT2D eigenvalue weighted by molar-refractivity contribution is 4.78. The Hall–Kier alpha value is -0.120. The molecule has 3 atom stereocenters. The van der Waals surface area contributed by atoms with Crippen LogP contribution >= 0.6 is 0 Å². The third kappa shape index (κ3) is 4.81. The molecule has 1 aliphatic heterocycles. The molecule has 0 aromatic heterocycles. The van der Waals surface area contributed by atoms with Crippen LogP contribution in [-0.4, -0.2) is 39.0 Å². The molecule has 96 valence electrons. The van der Waals surface area contributed by atoms with Gasteiger partial charge in [0.1, 0.15) is 0 Å². The van der Waals surface area contributed by atoms with E-state index in [1.165, 1.54) is 19.3 Å². The minimum atomic E-state index is 0.366. The molecule has 3 nitrogen and oxygen atoms in total. The maximum atomic E-state index is 5.57. The maximum Gasteiger partial charge on any atom is 0.0543 e. The zero-order valence-electron chi connectivity index (χ0n) is 11.0. The SMILES string of the molecule is CCNC(CCC(C)OC)C1CCCOC1. The molecular formula is C13H27NO2. The first-order valence-corrected chi connectivity index (χ1v) is 6.61. The average molecular weight is 229 g/mol. The smallest absolute Gasteiger partial charge is 0.0543 e. The summed E-state index contributed by atoms with van der Waals surface area (Å²) in [6.45, 7) is 7.24. The van der Waals surface area contributed by atoms with Gasteiger partial charge >= 0.3 is 0 Å². The monoisotopic (exact) mass is 229 g/mol. The quantitative estimate of drug-likeness (QED) is 0.726. The highest BCUT2D eigenvalue weighted by atomic mass is 16.5. The lowest BCUT2D eigenvalue weighted by atomic mass is 9.90. The van der Waals surface area contributed by atoms with Crippen LogP contribution in [0.1, 0.15) is 39.5 Å². The molecule has 0 aliphatic carbocycles. The molecule has 3 unspecified atom stereocenters. The minimum absolute atomic E-state index is 0.366. The molecule has 3 heteroatoms. The second-order valence-electron chi connectivity index (χ2n) is 4.77. The number of nitrogens with one attached hydrogen (secondary N) is 1. The van der Waals surface area contributed by atoms with Crippen LogP contribution < -0.4 is 5.32 Å². The van der Waals surface area contributed by atoms with Crippen molar-refractivity contribution in [2.75, 3.05) is 26.9 Å². The van der Waals surface area contributed by atoms with E-state index in [0.29, 0.717) is 18.1 Å². The fraction of sp³-hybridized carbons (Fsp3) is 1.00. The van der Waals surface area contributed by atoms with Gasteiger partial charge in [-0.3, -0.25) is 0 Å². The van der Waals surface area contributed by atoms with Crippen LogP contribution in [0.2, 0.25) is 0 Å². The molecule has 16 heavy (non-hydrogen) atoms. The summed E-state index contributed by atoms with van der Waals surface area (Å²) in [5, 5.41) is 3.60. The summed E-state index contributed by atoms with van der Waals surface area (Å²) in [7, 11) is 1.79. The molecule has 0 aromatic rings. The van der Waals surface area contributed by atoms with E-state index in [2.05, 4.69) is 19.2 Å². The summed E-state index contributed by atoms with van der Waals surface area (Å²) in [6, 6.07) is 0.600. The van der Waals surface area contributed by atoms with E-state index < -0.39 is 0 Å². The summed E-state index contributed by atoms with van der Waals surface area (Å²) in [5.41, 5.74) is 0. The summed E-state index contributed by atoms with van der Waals surface area (Å²) in [6.07, 6.45) is 5.21. The van der Waals surface area contributed by atoms with Gasteiger partial charge in [0, 0.05) is 19.8 Å². The third-order valence-corrected chi connectivity index (χ3v) is 3.52. The summed E-state index contributed by atoms with van der Waals surface area (Å²) in [4.78, 5) is 0. The Morgan fingerprint density at radius 3 is 2.81 bits per heavy atom. The van der Waals surface area contributed by atoms with Crippen LogP contribution in [0.25, 0.3) is 0 Å². The van der Waals surface area contributed by atoms with Gasteiger partial charge in [0.05, 0.1) is 12.7 Å². The second-order valence-corrected chi connectivity index (χ2v) is 4.77. The summed E-state index contributed by atoms with van der Waals surface area (Å²) >= 11 is 0. The van der Waals surface area contributed by atoms with E-state index in [1.54, 1.807) is 7.11 Å². The first-order valence-electron chi connectivity index (χ1n) is 6.61. The van der Waals surface area contributed by atoms with Crippen LogP contribution in [0.5, 0.6) is 0 Å². The first-order chi connectivity index (χ1) is 7.77. The van der Waals surface area contributed by atoms with Crippen LogP contribution in [-0.2, 0) is 9.47 Å². The van der Waals surface area contributed by atoms with Crippen molar-refractivity contribution in [1.29, 1.82) is 0 Å². The van der Waals surface area contributed by atoms with Gasteiger partial charge in [-0.1, -0.05) is 6.92 Å². The highest BCUT2D eigenvalue weighted by Crippen LogP contribution is 2.21. The van der Waals surface area contributed by atoms with E-state index in [1.807, 2.05) is 0 Å². The van der Waals surface area contributed by atoms with Gasteiger partial charge in [0.15, 0.2) is 0 Å². The van der Waals surface area contributed by atoms with Gasteiger partial charge in [-0.2, -0.15) is 0 Å². The molecule has 1 heterocycles. The Balaban J connectivity index is 2.33. The summed E-state index contributed by atoms with van der Waals surface area (Å²) < 4.78 is 10.9. The van der Waals surface area contributed by atoms with Gasteiger partial charge in [0.25, 0.3) is 0 Å². The minimum Gasteiger partial charge on any atom is -0.382 e. The van der Waals surface area contributed by atoms with Crippen LogP contribution in [0.15, 0.2) is 0 Å². The third-order valence-electron chi connectivity index (χ3n) is 3.52. The molecule has 1 fully saturated rings. The Bertz CT molecular complexity index is 169. The highest BCUT2D eigenvalue weighted by Gasteiger charge is 2.23. The fourth-order valence-corrected chi connectivity index (χ4v) is 2.38. The molecule has 0 radical (unpaired) electrons. The van der Waals surface area contributed by atoms with Crippen molar-refractivity contribution in [2.24, 2.45) is 5.92 Å². The summed E-state index contributed by atoms with van der Waals surface area (Å²) in [5.74, 6) is 0.692. The van der Waals surface area contributed by atoms with Crippen molar-refractivity contribution in [3.63, 3.8) is 0 Å². The Labute approximate surface area is 99.9 Å². The zero-order valence-corrected chi connectivity index (χ0v) is 11.0. The van der Waals surface area contributed by atoms with E-state index in [-0.39, 0.29) is 0 Å². The van der Waals surface area contributed by atoms with E-state index >= 15 is 0 Å². The van der Waals surface area contributed by atoms with Crippen molar-refractivity contribution in [3.8, 4) is 0 Å². The Morgan fingerprint density at radius 2 is 2.25 bits per heavy atom. The number of rotatable bonds is 7. The van der Waals surface area contributed by atoms with Crippen molar-refractivity contribution < 1.29 is 9.47 Å². The van der Waals surface area contributed by atoms with Gasteiger partial charge in [-0.15, -0.1) is 0 Å². The van der Waals surface area contributed by atoms with Crippen LogP contribution in [0.4, 0.5) is 0 Å². The van der Waals surface area contributed by atoms with E-state index in [0.717, 1.165) is 26.2 Å². The van der Waals surface area contributed by atoms with Gasteiger partial charge in [-0.05, 0) is 45.1 Å². The predicted molar refractivity (Wildman–Crippen MR) is 66.7 cm³/mol. The molecule has 0 amide bonds.